The predicted octanol–water partition coefficient (Wildman–Crippen LogP) is 4.19. The number of fused-ring (bicyclic) bond motifs is 1. The van der Waals surface area contributed by atoms with Crippen LogP contribution in [0.1, 0.15) is 10.4 Å². The molecule has 0 N–H and O–H groups in total. The second kappa shape index (κ2) is 5.54. The summed E-state index contributed by atoms with van der Waals surface area (Å²) in [7, 11) is 0. The molecular formula is C16H9ClN2O3. The Bertz CT molecular complexity index is 909. The van der Waals surface area contributed by atoms with E-state index in [-0.39, 0.29) is 5.69 Å². The van der Waals surface area contributed by atoms with Crippen molar-refractivity contribution in [3.63, 3.8) is 0 Å². The highest BCUT2D eigenvalue weighted by Crippen LogP contribution is 2.27. The minimum Gasteiger partial charge on any atom is -0.276 e. The first-order valence-corrected chi connectivity index (χ1v) is 6.78. The van der Waals surface area contributed by atoms with Crippen molar-refractivity contribution in [2.24, 2.45) is 0 Å². The maximum Gasteiger partial charge on any atom is 0.270 e. The molecule has 0 unspecified atom stereocenters. The van der Waals surface area contributed by atoms with Gasteiger partial charge in [-0.2, -0.15) is 0 Å². The summed E-state index contributed by atoms with van der Waals surface area (Å²) in [5.74, 6) is 0. The predicted molar refractivity (Wildman–Crippen MR) is 84.0 cm³/mol. The second-order valence-electron chi connectivity index (χ2n) is 4.65. The number of nitrogens with zero attached hydrogens (tertiary/aromatic N) is 2. The number of hydrogen-bond acceptors (Lipinski definition) is 4. The molecule has 3 aromatic rings. The molecule has 1 aromatic heterocycles. The van der Waals surface area contributed by atoms with Crippen molar-refractivity contribution < 1.29 is 9.72 Å². The van der Waals surface area contributed by atoms with E-state index in [2.05, 4.69) is 4.98 Å². The highest BCUT2D eigenvalue weighted by Gasteiger charge is 2.13. The van der Waals surface area contributed by atoms with Gasteiger partial charge in [-0.1, -0.05) is 30.3 Å². The molecule has 0 aliphatic heterocycles. The van der Waals surface area contributed by atoms with E-state index in [1.807, 2.05) is 0 Å². The van der Waals surface area contributed by atoms with Crippen molar-refractivity contribution in [2.75, 3.05) is 0 Å². The fourth-order valence-corrected chi connectivity index (χ4v) is 2.42. The molecule has 3 rings (SSSR count). The lowest BCUT2D eigenvalue weighted by atomic mass is 10.0. The molecule has 0 radical (unpaired) electrons. The molecule has 6 heteroatoms. The van der Waals surface area contributed by atoms with Crippen LogP contribution in [0.15, 0.2) is 54.6 Å². The molecule has 0 spiro atoms. The number of hydrogen-bond donors (Lipinski definition) is 0. The van der Waals surface area contributed by atoms with Crippen LogP contribution in [-0.2, 0) is 0 Å². The van der Waals surface area contributed by atoms with Crippen molar-refractivity contribution in [1.82, 2.24) is 4.98 Å². The Hall–Kier alpha value is -2.79. The van der Waals surface area contributed by atoms with Crippen LogP contribution in [0.25, 0.3) is 22.2 Å². The number of rotatable bonds is 3. The number of halogens is 1. The van der Waals surface area contributed by atoms with E-state index < -0.39 is 10.2 Å². The zero-order valence-electron chi connectivity index (χ0n) is 11.2. The molecule has 0 amide bonds. The van der Waals surface area contributed by atoms with Crippen LogP contribution in [0, 0.1) is 10.1 Å². The first-order valence-electron chi connectivity index (χ1n) is 6.41. The summed E-state index contributed by atoms with van der Waals surface area (Å²) in [6.45, 7) is 0. The van der Waals surface area contributed by atoms with Gasteiger partial charge in [-0.3, -0.25) is 14.9 Å². The number of aromatic nitrogens is 1. The van der Waals surface area contributed by atoms with Crippen molar-refractivity contribution in [3.05, 3.63) is 70.3 Å². The molecule has 0 saturated heterocycles. The van der Waals surface area contributed by atoms with E-state index in [9.17, 15) is 14.9 Å². The van der Waals surface area contributed by atoms with Gasteiger partial charge in [0.25, 0.3) is 10.9 Å². The van der Waals surface area contributed by atoms with Gasteiger partial charge in [0.15, 0.2) is 0 Å². The average molecular weight is 313 g/mol. The van der Waals surface area contributed by atoms with E-state index in [4.69, 9.17) is 11.6 Å². The first-order chi connectivity index (χ1) is 10.6. The molecule has 0 fully saturated rings. The summed E-state index contributed by atoms with van der Waals surface area (Å²) in [4.78, 5) is 26.5. The quantitative estimate of drug-likeness (QED) is 0.413. The Balaban J connectivity index is 2.25. The summed E-state index contributed by atoms with van der Waals surface area (Å²) < 4.78 is 0. The van der Waals surface area contributed by atoms with Gasteiger partial charge < -0.3 is 0 Å². The van der Waals surface area contributed by atoms with Crippen LogP contribution in [0.4, 0.5) is 5.69 Å². The zero-order chi connectivity index (χ0) is 15.7. The summed E-state index contributed by atoms with van der Waals surface area (Å²) in [5, 5.41) is 10.9. The van der Waals surface area contributed by atoms with E-state index in [0.29, 0.717) is 27.7 Å². The van der Waals surface area contributed by atoms with Gasteiger partial charge in [-0.25, -0.2) is 4.98 Å². The normalized spacial score (nSPS) is 10.6. The first kappa shape index (κ1) is 14.2. The molecule has 108 valence electrons. The highest BCUT2D eigenvalue weighted by atomic mass is 35.5. The SMILES string of the molecule is O=C(Cl)c1cc(-c2cccc([N+](=O)[O-])c2)nc2ccccc12. The fraction of sp³-hybridized carbons (Fsp3) is 0. The number of nitro groups is 1. The standard InChI is InChI=1S/C16H9ClN2O3/c17-16(20)13-9-15(18-14-7-2-1-6-12(13)14)10-4-3-5-11(8-10)19(21)22/h1-9H. The topological polar surface area (TPSA) is 73.1 Å². The van der Waals surface area contributed by atoms with Gasteiger partial charge in [0.05, 0.1) is 16.1 Å². The van der Waals surface area contributed by atoms with Gasteiger partial charge in [-0.05, 0) is 23.7 Å². The smallest absolute Gasteiger partial charge is 0.270 e. The summed E-state index contributed by atoms with van der Waals surface area (Å²) in [6, 6.07) is 14.8. The Kier molecular flexibility index (Phi) is 3.56. The van der Waals surface area contributed by atoms with E-state index in [1.54, 1.807) is 42.5 Å². The van der Waals surface area contributed by atoms with Gasteiger partial charge in [0, 0.05) is 28.6 Å². The summed E-state index contributed by atoms with van der Waals surface area (Å²) >= 11 is 5.65. The maximum absolute atomic E-state index is 11.6. The number of carbonyl (C=O) groups is 1. The molecule has 22 heavy (non-hydrogen) atoms. The van der Waals surface area contributed by atoms with Gasteiger partial charge in [0.1, 0.15) is 0 Å². The Labute approximate surface area is 130 Å². The monoisotopic (exact) mass is 312 g/mol. The summed E-state index contributed by atoms with van der Waals surface area (Å²) in [5.41, 5.74) is 1.92. The second-order valence-corrected chi connectivity index (χ2v) is 5.00. The van der Waals surface area contributed by atoms with Crippen LogP contribution in [-0.4, -0.2) is 15.1 Å². The summed E-state index contributed by atoms with van der Waals surface area (Å²) in [6.07, 6.45) is 0. The molecule has 0 saturated carbocycles. The van der Waals surface area contributed by atoms with Crippen LogP contribution in [0.2, 0.25) is 0 Å². The lowest BCUT2D eigenvalue weighted by molar-refractivity contribution is -0.384. The molecule has 0 atom stereocenters. The number of pyridine rings is 1. The van der Waals surface area contributed by atoms with Crippen molar-refractivity contribution in [3.8, 4) is 11.3 Å². The van der Waals surface area contributed by atoms with Crippen LogP contribution in [0.5, 0.6) is 0 Å². The number of nitro benzene ring substituents is 1. The molecule has 0 aliphatic carbocycles. The largest absolute Gasteiger partial charge is 0.276 e. The van der Waals surface area contributed by atoms with Crippen LogP contribution < -0.4 is 0 Å². The Morgan fingerprint density at radius 3 is 2.59 bits per heavy atom. The van der Waals surface area contributed by atoms with Gasteiger partial charge >= 0.3 is 0 Å². The minimum atomic E-state index is -0.592. The van der Waals surface area contributed by atoms with E-state index >= 15 is 0 Å². The third kappa shape index (κ3) is 2.54. The average Bonchev–Trinajstić information content (AvgIpc) is 2.53. The van der Waals surface area contributed by atoms with Crippen LogP contribution in [0.3, 0.4) is 0 Å². The number of benzene rings is 2. The molecule has 0 aliphatic rings. The van der Waals surface area contributed by atoms with E-state index in [0.717, 1.165) is 0 Å². The molecule has 5 nitrogen and oxygen atoms in total. The number of non-ortho nitro benzene ring substituents is 1. The number of carbonyl (C=O) groups excluding carboxylic acids is 1. The van der Waals surface area contributed by atoms with E-state index in [1.165, 1.54) is 12.1 Å². The fourth-order valence-electron chi connectivity index (χ4n) is 2.26. The Morgan fingerprint density at radius 2 is 1.86 bits per heavy atom. The molecule has 0 bridgehead atoms. The lowest BCUT2D eigenvalue weighted by Crippen LogP contribution is -1.96. The molecule has 1 heterocycles. The highest BCUT2D eigenvalue weighted by molar-refractivity contribution is 6.68. The minimum absolute atomic E-state index is 0.0359. The third-order valence-electron chi connectivity index (χ3n) is 3.28. The Morgan fingerprint density at radius 1 is 1.09 bits per heavy atom. The lowest BCUT2D eigenvalue weighted by Gasteiger charge is -2.07. The third-order valence-corrected chi connectivity index (χ3v) is 3.48. The molecular weight excluding hydrogens is 304 g/mol. The van der Waals surface area contributed by atoms with Gasteiger partial charge in [0.2, 0.25) is 0 Å². The number of para-hydroxylation sites is 1. The van der Waals surface area contributed by atoms with Crippen LogP contribution >= 0.6 is 11.6 Å². The maximum atomic E-state index is 11.6. The van der Waals surface area contributed by atoms with Crippen molar-refractivity contribution >= 4 is 33.4 Å². The van der Waals surface area contributed by atoms with Crippen molar-refractivity contribution in [2.45, 2.75) is 0 Å². The van der Waals surface area contributed by atoms with Crippen molar-refractivity contribution in [1.29, 1.82) is 0 Å². The van der Waals surface area contributed by atoms with Gasteiger partial charge in [-0.15, -0.1) is 0 Å². The molecule has 2 aromatic carbocycles. The zero-order valence-corrected chi connectivity index (χ0v) is 11.9.